The van der Waals surface area contributed by atoms with Crippen LogP contribution >= 0.6 is 23.2 Å². The standard InChI is InChI=1S/C21H15Cl2N3O4/c22-17-10-13(11-25-26-20(27)16-5-2-8-24-19(16)23)6-7-18(17)30-12-14-3-1-4-15(9-14)21(28)29/h1-11H,12H2,(H,26,27)(H,28,29). The van der Waals surface area contributed by atoms with Gasteiger partial charge in [0.05, 0.1) is 22.4 Å². The normalized spacial score (nSPS) is 10.7. The molecule has 2 aromatic carbocycles. The molecule has 0 fully saturated rings. The van der Waals surface area contributed by atoms with Gasteiger partial charge in [0, 0.05) is 6.20 Å². The third kappa shape index (κ3) is 5.56. The van der Waals surface area contributed by atoms with Gasteiger partial charge in [-0.1, -0.05) is 35.3 Å². The fourth-order valence-corrected chi connectivity index (χ4v) is 2.90. The van der Waals surface area contributed by atoms with E-state index in [4.69, 9.17) is 33.0 Å². The summed E-state index contributed by atoms with van der Waals surface area (Å²) in [4.78, 5) is 26.9. The van der Waals surface area contributed by atoms with Crippen molar-refractivity contribution in [3.8, 4) is 5.75 Å². The number of benzene rings is 2. The van der Waals surface area contributed by atoms with Crippen molar-refractivity contribution in [1.82, 2.24) is 10.4 Å². The van der Waals surface area contributed by atoms with Crippen LogP contribution in [0, 0.1) is 0 Å². The molecule has 7 nitrogen and oxygen atoms in total. The van der Waals surface area contributed by atoms with Gasteiger partial charge in [0.25, 0.3) is 5.91 Å². The van der Waals surface area contributed by atoms with Gasteiger partial charge in [-0.15, -0.1) is 0 Å². The summed E-state index contributed by atoms with van der Waals surface area (Å²) < 4.78 is 5.67. The number of hydrogen-bond donors (Lipinski definition) is 2. The van der Waals surface area contributed by atoms with Crippen molar-refractivity contribution in [3.05, 3.63) is 93.2 Å². The highest BCUT2D eigenvalue weighted by atomic mass is 35.5. The summed E-state index contributed by atoms with van der Waals surface area (Å²) in [5.74, 6) is -1.06. The molecule has 3 rings (SSSR count). The maximum atomic E-state index is 12.0. The van der Waals surface area contributed by atoms with E-state index in [0.29, 0.717) is 21.9 Å². The van der Waals surface area contributed by atoms with E-state index in [0.717, 1.165) is 0 Å². The maximum Gasteiger partial charge on any atom is 0.335 e. The molecule has 0 bridgehead atoms. The van der Waals surface area contributed by atoms with Crippen LogP contribution in [0.15, 0.2) is 65.9 Å². The largest absolute Gasteiger partial charge is 0.487 e. The summed E-state index contributed by atoms with van der Waals surface area (Å²) in [5.41, 5.74) is 4.10. The second-order valence-corrected chi connectivity index (χ2v) is 6.79. The van der Waals surface area contributed by atoms with Crippen molar-refractivity contribution < 1.29 is 19.4 Å². The van der Waals surface area contributed by atoms with Crippen LogP contribution < -0.4 is 10.2 Å². The lowest BCUT2D eigenvalue weighted by molar-refractivity contribution is 0.0696. The number of aromatic nitrogens is 1. The molecule has 0 atom stereocenters. The maximum absolute atomic E-state index is 12.0. The number of ether oxygens (including phenoxy) is 1. The fraction of sp³-hybridized carbons (Fsp3) is 0.0476. The molecule has 1 amide bonds. The van der Waals surface area contributed by atoms with E-state index < -0.39 is 11.9 Å². The number of carboxylic acids is 1. The number of aromatic carboxylic acids is 1. The Balaban J connectivity index is 1.60. The first-order chi connectivity index (χ1) is 14.4. The molecule has 0 spiro atoms. The van der Waals surface area contributed by atoms with E-state index in [1.165, 1.54) is 30.6 Å². The number of amides is 1. The number of pyridine rings is 1. The Morgan fingerprint density at radius 1 is 1.13 bits per heavy atom. The minimum atomic E-state index is -1.00. The molecule has 0 aliphatic heterocycles. The quantitative estimate of drug-likeness (QED) is 0.319. The first-order valence-electron chi connectivity index (χ1n) is 8.62. The zero-order chi connectivity index (χ0) is 21.5. The predicted octanol–water partition coefficient (Wildman–Crippen LogP) is 4.43. The number of nitrogens with one attached hydrogen (secondary N) is 1. The average molecular weight is 444 g/mol. The molecule has 2 N–H and O–H groups in total. The molecule has 0 aliphatic carbocycles. The monoisotopic (exact) mass is 443 g/mol. The molecule has 152 valence electrons. The summed E-state index contributed by atoms with van der Waals surface area (Å²) in [6.07, 6.45) is 2.91. The van der Waals surface area contributed by atoms with Gasteiger partial charge in [0.1, 0.15) is 17.5 Å². The van der Waals surface area contributed by atoms with Crippen molar-refractivity contribution in [3.63, 3.8) is 0 Å². The molecule has 0 radical (unpaired) electrons. The average Bonchev–Trinajstić information content (AvgIpc) is 2.73. The molecular formula is C21H15Cl2N3O4. The highest BCUT2D eigenvalue weighted by Crippen LogP contribution is 2.26. The van der Waals surface area contributed by atoms with E-state index in [-0.39, 0.29) is 22.9 Å². The number of rotatable bonds is 7. The molecular weight excluding hydrogens is 429 g/mol. The molecule has 30 heavy (non-hydrogen) atoms. The molecule has 3 aromatic rings. The summed E-state index contributed by atoms with van der Waals surface area (Å²) >= 11 is 12.1. The van der Waals surface area contributed by atoms with Gasteiger partial charge in [-0.25, -0.2) is 15.2 Å². The molecule has 0 unspecified atom stereocenters. The molecule has 1 heterocycles. The SMILES string of the molecule is O=C(O)c1cccc(COc2ccc(C=NNC(=O)c3cccnc3Cl)cc2Cl)c1. The molecule has 0 aliphatic rings. The number of hydrogen-bond acceptors (Lipinski definition) is 5. The van der Waals surface area contributed by atoms with Gasteiger partial charge in [-0.3, -0.25) is 4.79 Å². The van der Waals surface area contributed by atoms with Crippen LogP contribution in [0.2, 0.25) is 10.2 Å². The van der Waals surface area contributed by atoms with E-state index in [1.54, 1.807) is 36.4 Å². The van der Waals surface area contributed by atoms with Crippen LogP contribution in [0.5, 0.6) is 5.75 Å². The third-order valence-electron chi connectivity index (χ3n) is 3.91. The summed E-state index contributed by atoms with van der Waals surface area (Å²) in [5, 5.41) is 13.4. The van der Waals surface area contributed by atoms with Crippen LogP contribution in [0.1, 0.15) is 31.8 Å². The molecule has 0 saturated heterocycles. The second kappa shape index (κ2) is 9.87. The Hall–Kier alpha value is -3.42. The second-order valence-electron chi connectivity index (χ2n) is 6.02. The minimum Gasteiger partial charge on any atom is -0.487 e. The first-order valence-corrected chi connectivity index (χ1v) is 9.38. The van der Waals surface area contributed by atoms with Crippen molar-refractivity contribution in [2.75, 3.05) is 0 Å². The number of carboxylic acid groups (broad SMARTS) is 1. The Morgan fingerprint density at radius 3 is 2.70 bits per heavy atom. The fourth-order valence-electron chi connectivity index (χ4n) is 2.45. The first kappa shape index (κ1) is 21.3. The number of carbonyl (C=O) groups excluding carboxylic acids is 1. The van der Waals surface area contributed by atoms with Gasteiger partial charge in [-0.05, 0) is 53.6 Å². The minimum absolute atomic E-state index is 0.0867. The third-order valence-corrected chi connectivity index (χ3v) is 4.50. The Kier molecular flexibility index (Phi) is 7.00. The van der Waals surface area contributed by atoms with E-state index >= 15 is 0 Å². The predicted molar refractivity (Wildman–Crippen MR) is 113 cm³/mol. The van der Waals surface area contributed by atoms with Crippen molar-refractivity contribution in [1.29, 1.82) is 0 Å². The molecule has 1 aromatic heterocycles. The van der Waals surface area contributed by atoms with Crippen LogP contribution in [0.4, 0.5) is 0 Å². The number of nitrogens with zero attached hydrogens (tertiary/aromatic N) is 2. The van der Waals surface area contributed by atoms with E-state index in [9.17, 15) is 9.59 Å². The molecule has 9 heteroatoms. The Labute approximate surface area is 181 Å². The number of hydrazone groups is 1. The van der Waals surface area contributed by atoms with Crippen molar-refractivity contribution in [2.24, 2.45) is 5.10 Å². The topological polar surface area (TPSA) is 101 Å². The van der Waals surface area contributed by atoms with Gasteiger partial charge >= 0.3 is 5.97 Å². The van der Waals surface area contributed by atoms with E-state index in [2.05, 4.69) is 15.5 Å². The van der Waals surface area contributed by atoms with Crippen LogP contribution in [-0.4, -0.2) is 28.2 Å². The highest BCUT2D eigenvalue weighted by Gasteiger charge is 2.09. The summed E-state index contributed by atoms with van der Waals surface area (Å²) in [7, 11) is 0. The van der Waals surface area contributed by atoms with Crippen molar-refractivity contribution in [2.45, 2.75) is 6.61 Å². The smallest absolute Gasteiger partial charge is 0.335 e. The van der Waals surface area contributed by atoms with Gasteiger partial charge in [0.2, 0.25) is 0 Å². The lowest BCUT2D eigenvalue weighted by atomic mass is 10.1. The van der Waals surface area contributed by atoms with Crippen molar-refractivity contribution >= 4 is 41.3 Å². The Morgan fingerprint density at radius 2 is 1.97 bits per heavy atom. The zero-order valence-electron chi connectivity index (χ0n) is 15.4. The van der Waals surface area contributed by atoms with Crippen LogP contribution in [0.3, 0.4) is 0 Å². The van der Waals surface area contributed by atoms with Crippen LogP contribution in [0.25, 0.3) is 0 Å². The van der Waals surface area contributed by atoms with Gasteiger partial charge in [0.15, 0.2) is 0 Å². The summed E-state index contributed by atoms with van der Waals surface area (Å²) in [6, 6.07) is 14.6. The lowest BCUT2D eigenvalue weighted by Gasteiger charge is -2.09. The number of halogens is 2. The lowest BCUT2D eigenvalue weighted by Crippen LogP contribution is -2.18. The molecule has 0 saturated carbocycles. The Bertz CT molecular complexity index is 1120. The summed E-state index contributed by atoms with van der Waals surface area (Å²) in [6.45, 7) is 0.163. The van der Waals surface area contributed by atoms with Gasteiger partial charge < -0.3 is 9.84 Å². The highest BCUT2D eigenvalue weighted by molar-refractivity contribution is 6.32. The van der Waals surface area contributed by atoms with E-state index in [1.807, 2.05) is 0 Å². The van der Waals surface area contributed by atoms with Crippen LogP contribution in [-0.2, 0) is 6.61 Å². The van der Waals surface area contributed by atoms with Gasteiger partial charge in [-0.2, -0.15) is 5.10 Å². The number of carbonyl (C=O) groups is 2. The zero-order valence-corrected chi connectivity index (χ0v) is 16.9.